The van der Waals surface area contributed by atoms with Crippen LogP contribution in [-0.2, 0) is 4.79 Å². The van der Waals surface area contributed by atoms with Crippen LogP contribution in [0, 0.1) is 0 Å². The second-order valence-electron chi connectivity index (χ2n) is 4.58. The molecule has 3 N–H and O–H groups in total. The third kappa shape index (κ3) is 4.79. The van der Waals surface area contributed by atoms with E-state index in [4.69, 9.17) is 9.47 Å². The van der Waals surface area contributed by atoms with Gasteiger partial charge in [0.25, 0.3) is 0 Å². The Balaban J connectivity index is 2.97. The van der Waals surface area contributed by atoms with Crippen LogP contribution in [0.15, 0.2) is 18.2 Å². The Bertz CT molecular complexity index is 431. The van der Waals surface area contributed by atoms with E-state index < -0.39 is 5.97 Å². The molecule has 0 saturated heterocycles. The molecule has 19 heavy (non-hydrogen) atoms. The highest BCUT2D eigenvalue weighted by atomic mass is 16.5. The van der Waals surface area contributed by atoms with Crippen molar-refractivity contribution in [3.63, 3.8) is 0 Å². The summed E-state index contributed by atoms with van der Waals surface area (Å²) in [5.74, 6) is 0.155. The molecule has 5 nitrogen and oxygen atoms in total. The number of carboxylic acids is 1. The molecule has 0 amide bonds. The van der Waals surface area contributed by atoms with E-state index in [2.05, 4.69) is 5.73 Å². The van der Waals surface area contributed by atoms with E-state index in [1.165, 1.54) is 0 Å². The Hall–Kier alpha value is -1.75. The molecule has 0 aliphatic carbocycles. The predicted octanol–water partition coefficient (Wildman–Crippen LogP) is 0.296. The SMILES string of the molecule is CCOc1cc(C([NH3+])CC(=O)[O-])ccc1OC(C)C. The summed E-state index contributed by atoms with van der Waals surface area (Å²) >= 11 is 0. The second-order valence-corrected chi connectivity index (χ2v) is 4.58. The van der Waals surface area contributed by atoms with Crippen LogP contribution in [0.25, 0.3) is 0 Å². The molecule has 0 aromatic heterocycles. The summed E-state index contributed by atoms with van der Waals surface area (Å²) in [5.41, 5.74) is 4.62. The molecule has 0 radical (unpaired) electrons. The summed E-state index contributed by atoms with van der Waals surface area (Å²) < 4.78 is 11.2. The van der Waals surface area contributed by atoms with Crippen LogP contribution in [-0.4, -0.2) is 18.7 Å². The zero-order valence-corrected chi connectivity index (χ0v) is 11.6. The normalized spacial score (nSPS) is 12.3. The Morgan fingerprint density at radius 1 is 1.37 bits per heavy atom. The monoisotopic (exact) mass is 267 g/mol. The number of rotatable bonds is 7. The first-order valence-electron chi connectivity index (χ1n) is 6.40. The summed E-state index contributed by atoms with van der Waals surface area (Å²) in [6.45, 7) is 6.27. The molecule has 106 valence electrons. The van der Waals surface area contributed by atoms with Gasteiger partial charge in [0.1, 0.15) is 6.04 Å². The van der Waals surface area contributed by atoms with Crippen molar-refractivity contribution in [3.8, 4) is 11.5 Å². The van der Waals surface area contributed by atoms with Gasteiger partial charge in [-0.1, -0.05) is 0 Å². The Labute approximate surface area is 113 Å². The molecule has 1 aromatic carbocycles. The average molecular weight is 267 g/mol. The summed E-state index contributed by atoms with van der Waals surface area (Å²) in [5, 5.41) is 10.6. The van der Waals surface area contributed by atoms with E-state index in [1.807, 2.05) is 20.8 Å². The molecule has 1 unspecified atom stereocenters. The second kappa shape index (κ2) is 6.99. The van der Waals surface area contributed by atoms with E-state index >= 15 is 0 Å². The minimum Gasteiger partial charge on any atom is -0.550 e. The summed E-state index contributed by atoms with van der Waals surface area (Å²) in [7, 11) is 0. The highest BCUT2D eigenvalue weighted by molar-refractivity contribution is 5.65. The van der Waals surface area contributed by atoms with Crippen LogP contribution < -0.4 is 20.3 Å². The molecule has 0 heterocycles. The van der Waals surface area contributed by atoms with Crippen LogP contribution >= 0.6 is 0 Å². The molecule has 5 heteroatoms. The first-order chi connectivity index (χ1) is 8.93. The van der Waals surface area contributed by atoms with E-state index in [0.717, 1.165) is 5.56 Å². The van der Waals surface area contributed by atoms with Gasteiger partial charge in [-0.3, -0.25) is 0 Å². The molecular formula is C14H21NO4. The van der Waals surface area contributed by atoms with Crippen LogP contribution in [0.1, 0.15) is 38.8 Å². The predicted molar refractivity (Wildman–Crippen MR) is 68.6 cm³/mol. The summed E-state index contributed by atoms with van der Waals surface area (Å²) in [6.07, 6.45) is -0.0699. The number of quaternary nitrogens is 1. The zero-order valence-electron chi connectivity index (χ0n) is 11.6. The lowest BCUT2D eigenvalue weighted by Gasteiger charge is -2.17. The summed E-state index contributed by atoms with van der Waals surface area (Å²) in [6, 6.07) is 5.01. The van der Waals surface area contributed by atoms with Gasteiger partial charge in [0.05, 0.1) is 12.7 Å². The van der Waals surface area contributed by atoms with E-state index in [-0.39, 0.29) is 18.6 Å². The van der Waals surface area contributed by atoms with E-state index in [9.17, 15) is 9.90 Å². The quantitative estimate of drug-likeness (QED) is 0.769. The number of benzene rings is 1. The maximum Gasteiger partial charge on any atom is 0.161 e. The van der Waals surface area contributed by atoms with Crippen molar-refractivity contribution in [3.05, 3.63) is 23.8 Å². The number of carbonyl (C=O) groups is 1. The lowest BCUT2D eigenvalue weighted by Crippen LogP contribution is -2.55. The van der Waals surface area contributed by atoms with Crippen molar-refractivity contribution in [2.75, 3.05) is 6.61 Å². The Kier molecular flexibility index (Phi) is 5.63. The van der Waals surface area contributed by atoms with Gasteiger partial charge in [-0.25, -0.2) is 0 Å². The van der Waals surface area contributed by atoms with Gasteiger partial charge < -0.3 is 25.1 Å². The van der Waals surface area contributed by atoms with Crippen molar-refractivity contribution in [1.29, 1.82) is 0 Å². The first-order valence-corrected chi connectivity index (χ1v) is 6.40. The smallest absolute Gasteiger partial charge is 0.161 e. The minimum atomic E-state index is -1.11. The lowest BCUT2D eigenvalue weighted by atomic mass is 10.0. The molecule has 1 rings (SSSR count). The van der Waals surface area contributed by atoms with Crippen LogP contribution in [0.4, 0.5) is 0 Å². The van der Waals surface area contributed by atoms with Crippen molar-refractivity contribution in [2.24, 2.45) is 0 Å². The fourth-order valence-corrected chi connectivity index (χ4v) is 1.72. The zero-order chi connectivity index (χ0) is 14.4. The third-order valence-electron chi connectivity index (χ3n) is 2.51. The lowest BCUT2D eigenvalue weighted by molar-refractivity contribution is -0.430. The number of carboxylic acid groups (broad SMARTS) is 1. The van der Waals surface area contributed by atoms with Crippen molar-refractivity contribution in [2.45, 2.75) is 39.3 Å². The van der Waals surface area contributed by atoms with Crippen LogP contribution in [0.3, 0.4) is 0 Å². The Morgan fingerprint density at radius 3 is 2.58 bits per heavy atom. The number of aliphatic carboxylic acids is 1. The fraction of sp³-hybridized carbons (Fsp3) is 0.500. The number of hydrogen-bond acceptors (Lipinski definition) is 4. The molecular weight excluding hydrogens is 246 g/mol. The average Bonchev–Trinajstić information content (AvgIpc) is 2.30. The Morgan fingerprint density at radius 2 is 2.05 bits per heavy atom. The molecule has 0 aliphatic heterocycles. The first kappa shape index (κ1) is 15.3. The fourth-order valence-electron chi connectivity index (χ4n) is 1.72. The topological polar surface area (TPSA) is 86.2 Å². The van der Waals surface area contributed by atoms with Crippen molar-refractivity contribution < 1.29 is 25.1 Å². The van der Waals surface area contributed by atoms with E-state index in [1.54, 1.807) is 18.2 Å². The van der Waals surface area contributed by atoms with Gasteiger partial charge >= 0.3 is 0 Å². The third-order valence-corrected chi connectivity index (χ3v) is 2.51. The molecule has 1 aromatic rings. The maximum atomic E-state index is 10.6. The van der Waals surface area contributed by atoms with Crippen LogP contribution in [0.2, 0.25) is 0 Å². The number of ether oxygens (including phenoxy) is 2. The molecule has 0 fully saturated rings. The molecule has 0 saturated carbocycles. The minimum absolute atomic E-state index is 0.0452. The largest absolute Gasteiger partial charge is 0.550 e. The number of hydrogen-bond donors (Lipinski definition) is 1. The maximum absolute atomic E-state index is 10.6. The van der Waals surface area contributed by atoms with Crippen LogP contribution in [0.5, 0.6) is 11.5 Å². The highest BCUT2D eigenvalue weighted by Crippen LogP contribution is 2.31. The molecule has 0 aliphatic rings. The van der Waals surface area contributed by atoms with E-state index in [0.29, 0.717) is 18.1 Å². The van der Waals surface area contributed by atoms with Gasteiger partial charge in [0.15, 0.2) is 11.5 Å². The van der Waals surface area contributed by atoms with Gasteiger partial charge in [-0.2, -0.15) is 0 Å². The summed E-state index contributed by atoms with van der Waals surface area (Å²) in [4.78, 5) is 10.6. The van der Waals surface area contributed by atoms with Gasteiger partial charge in [-0.05, 0) is 39.0 Å². The molecule has 0 bridgehead atoms. The standard InChI is InChI=1S/C14H21NO4/c1-4-18-13-7-10(11(15)8-14(16)17)5-6-12(13)19-9(2)3/h5-7,9,11H,4,8,15H2,1-3H3,(H,16,17). The van der Waals surface area contributed by atoms with Gasteiger partial charge in [0, 0.05) is 18.0 Å². The van der Waals surface area contributed by atoms with Crippen molar-refractivity contribution >= 4 is 5.97 Å². The molecule has 1 atom stereocenters. The van der Waals surface area contributed by atoms with Gasteiger partial charge in [0.2, 0.25) is 0 Å². The molecule has 0 spiro atoms. The number of carbonyl (C=O) groups excluding carboxylic acids is 1. The highest BCUT2D eigenvalue weighted by Gasteiger charge is 2.14. The van der Waals surface area contributed by atoms with Gasteiger partial charge in [-0.15, -0.1) is 0 Å². The van der Waals surface area contributed by atoms with Crippen molar-refractivity contribution in [1.82, 2.24) is 0 Å².